The Balaban J connectivity index is 1.98. The van der Waals surface area contributed by atoms with Crippen molar-refractivity contribution in [1.29, 1.82) is 0 Å². The van der Waals surface area contributed by atoms with Crippen LogP contribution in [0, 0.1) is 0 Å². The van der Waals surface area contributed by atoms with Crippen molar-refractivity contribution in [3.05, 3.63) is 35.8 Å². The van der Waals surface area contributed by atoms with Gasteiger partial charge in [-0.1, -0.05) is 0 Å². The summed E-state index contributed by atoms with van der Waals surface area (Å²) in [5, 5.41) is 2.58. The van der Waals surface area contributed by atoms with E-state index in [1.165, 1.54) is 16.7 Å². The van der Waals surface area contributed by atoms with Gasteiger partial charge in [-0.2, -0.15) is 13.2 Å². The second kappa shape index (κ2) is 6.10. The molecule has 5 nitrogen and oxygen atoms in total. The SMILES string of the molecule is CC(C)(C)OC(=O)NCCc1cn2cc(C(F)(F)F)ccc2n1. The summed E-state index contributed by atoms with van der Waals surface area (Å²) in [6.45, 7) is 5.55. The number of carbonyl (C=O) groups is 1. The smallest absolute Gasteiger partial charge is 0.417 e. The fraction of sp³-hybridized carbons (Fsp3) is 0.467. The molecular formula is C15H18F3N3O2. The Morgan fingerprint density at radius 2 is 1.96 bits per heavy atom. The van der Waals surface area contributed by atoms with Gasteiger partial charge in [-0.15, -0.1) is 0 Å². The number of rotatable bonds is 3. The van der Waals surface area contributed by atoms with Crippen LogP contribution in [0.4, 0.5) is 18.0 Å². The zero-order valence-electron chi connectivity index (χ0n) is 13.1. The largest absolute Gasteiger partial charge is 0.444 e. The van der Waals surface area contributed by atoms with Crippen LogP contribution in [0.3, 0.4) is 0 Å². The summed E-state index contributed by atoms with van der Waals surface area (Å²) in [5.74, 6) is 0. The molecule has 0 atom stereocenters. The number of hydrogen-bond donors (Lipinski definition) is 1. The van der Waals surface area contributed by atoms with Gasteiger partial charge in [-0.3, -0.25) is 0 Å². The number of imidazole rings is 1. The molecule has 126 valence electrons. The number of pyridine rings is 1. The Bertz CT molecular complexity index is 702. The number of alkyl carbamates (subject to hydrolysis) is 1. The van der Waals surface area contributed by atoms with Crippen molar-refractivity contribution in [1.82, 2.24) is 14.7 Å². The first-order valence-electron chi connectivity index (χ1n) is 7.06. The van der Waals surface area contributed by atoms with Crippen LogP contribution in [-0.2, 0) is 17.3 Å². The van der Waals surface area contributed by atoms with E-state index in [-0.39, 0.29) is 6.54 Å². The molecule has 0 aliphatic carbocycles. The highest BCUT2D eigenvalue weighted by molar-refractivity contribution is 5.67. The molecule has 8 heteroatoms. The first-order valence-corrected chi connectivity index (χ1v) is 7.06. The summed E-state index contributed by atoms with van der Waals surface area (Å²) in [5.41, 5.74) is -0.312. The van der Waals surface area contributed by atoms with E-state index in [1.807, 2.05) is 0 Å². The van der Waals surface area contributed by atoms with E-state index < -0.39 is 23.4 Å². The van der Waals surface area contributed by atoms with Crippen LogP contribution in [0.25, 0.3) is 5.65 Å². The molecule has 0 bridgehead atoms. The van der Waals surface area contributed by atoms with Crippen molar-refractivity contribution in [2.45, 2.75) is 39.0 Å². The quantitative estimate of drug-likeness (QED) is 0.939. The Hall–Kier alpha value is -2.25. The molecule has 0 saturated heterocycles. The average molecular weight is 329 g/mol. The zero-order chi connectivity index (χ0) is 17.3. The van der Waals surface area contributed by atoms with Gasteiger partial charge < -0.3 is 14.5 Å². The van der Waals surface area contributed by atoms with Crippen LogP contribution in [0.15, 0.2) is 24.5 Å². The highest BCUT2D eigenvalue weighted by Crippen LogP contribution is 2.29. The van der Waals surface area contributed by atoms with E-state index in [4.69, 9.17) is 4.74 Å². The van der Waals surface area contributed by atoms with E-state index in [0.717, 1.165) is 12.3 Å². The van der Waals surface area contributed by atoms with Crippen LogP contribution < -0.4 is 5.32 Å². The molecule has 1 N–H and O–H groups in total. The molecule has 0 saturated carbocycles. The standard InChI is InChI=1S/C15H18F3N3O2/c1-14(2,3)23-13(22)19-7-6-11-9-21-8-10(15(16,17)18)4-5-12(21)20-11/h4-5,8-9H,6-7H2,1-3H3,(H,19,22). The van der Waals surface area contributed by atoms with Crippen LogP contribution in [-0.4, -0.2) is 27.6 Å². The highest BCUT2D eigenvalue weighted by atomic mass is 19.4. The Kier molecular flexibility index (Phi) is 4.53. The fourth-order valence-electron chi connectivity index (χ4n) is 1.94. The maximum Gasteiger partial charge on any atom is 0.417 e. The lowest BCUT2D eigenvalue weighted by Crippen LogP contribution is -2.33. The average Bonchev–Trinajstić information content (AvgIpc) is 2.76. The molecule has 2 aromatic heterocycles. The molecule has 0 radical (unpaired) electrons. The highest BCUT2D eigenvalue weighted by Gasteiger charge is 2.30. The topological polar surface area (TPSA) is 55.6 Å². The number of fused-ring (bicyclic) bond motifs is 1. The van der Waals surface area contributed by atoms with Crippen molar-refractivity contribution in [2.75, 3.05) is 6.54 Å². The summed E-state index contributed by atoms with van der Waals surface area (Å²) < 4.78 is 44.4. The number of nitrogens with zero attached hydrogens (tertiary/aromatic N) is 2. The normalized spacial score (nSPS) is 12.4. The summed E-state index contributed by atoms with van der Waals surface area (Å²) in [7, 11) is 0. The monoisotopic (exact) mass is 329 g/mol. The number of hydrogen-bond acceptors (Lipinski definition) is 3. The van der Waals surface area contributed by atoms with E-state index in [9.17, 15) is 18.0 Å². The van der Waals surface area contributed by atoms with E-state index in [1.54, 1.807) is 20.8 Å². The molecule has 1 amide bonds. The molecule has 0 unspecified atom stereocenters. The van der Waals surface area contributed by atoms with Crippen molar-refractivity contribution in [3.8, 4) is 0 Å². The summed E-state index contributed by atoms with van der Waals surface area (Å²) >= 11 is 0. The van der Waals surface area contributed by atoms with Gasteiger partial charge in [0.05, 0.1) is 11.3 Å². The van der Waals surface area contributed by atoms with Crippen molar-refractivity contribution >= 4 is 11.7 Å². The van der Waals surface area contributed by atoms with Crippen LogP contribution in [0.5, 0.6) is 0 Å². The molecule has 0 aliphatic heterocycles. The predicted molar refractivity (Wildman–Crippen MR) is 78.1 cm³/mol. The van der Waals surface area contributed by atoms with E-state index in [0.29, 0.717) is 17.8 Å². The zero-order valence-corrected chi connectivity index (χ0v) is 13.1. The van der Waals surface area contributed by atoms with Gasteiger partial charge in [0, 0.05) is 25.4 Å². The van der Waals surface area contributed by atoms with Gasteiger partial charge in [-0.25, -0.2) is 9.78 Å². The minimum Gasteiger partial charge on any atom is -0.444 e. The second-order valence-electron chi connectivity index (χ2n) is 6.09. The second-order valence-corrected chi connectivity index (χ2v) is 6.09. The molecule has 2 heterocycles. The number of aromatic nitrogens is 2. The Labute approximate surface area is 131 Å². The predicted octanol–water partition coefficient (Wildman–Crippen LogP) is 3.42. The molecule has 0 aliphatic rings. The van der Waals surface area contributed by atoms with Gasteiger partial charge >= 0.3 is 12.3 Å². The first kappa shape index (κ1) is 17.1. The van der Waals surface area contributed by atoms with Crippen molar-refractivity contribution < 1.29 is 22.7 Å². The molecule has 2 rings (SSSR count). The van der Waals surface area contributed by atoms with Crippen LogP contribution >= 0.6 is 0 Å². The first-order chi connectivity index (χ1) is 10.5. The summed E-state index contributed by atoms with van der Waals surface area (Å²) in [6.07, 6.45) is -2.03. The maximum absolute atomic E-state index is 12.7. The van der Waals surface area contributed by atoms with Gasteiger partial charge in [0.1, 0.15) is 11.2 Å². The van der Waals surface area contributed by atoms with Crippen LogP contribution in [0.2, 0.25) is 0 Å². The minimum absolute atomic E-state index is 0.283. The molecule has 0 fully saturated rings. The molecular weight excluding hydrogens is 311 g/mol. The maximum atomic E-state index is 12.7. The lowest BCUT2D eigenvalue weighted by atomic mass is 10.2. The third-order valence-electron chi connectivity index (χ3n) is 2.88. The number of amides is 1. The fourth-order valence-corrected chi connectivity index (χ4v) is 1.94. The number of carbonyl (C=O) groups excluding carboxylic acids is 1. The molecule has 0 spiro atoms. The number of ether oxygens (including phenoxy) is 1. The third-order valence-corrected chi connectivity index (χ3v) is 2.88. The third kappa shape index (κ3) is 4.87. The Morgan fingerprint density at radius 3 is 2.57 bits per heavy atom. The van der Waals surface area contributed by atoms with Gasteiger partial charge in [0.2, 0.25) is 0 Å². The van der Waals surface area contributed by atoms with E-state index in [2.05, 4.69) is 10.3 Å². The van der Waals surface area contributed by atoms with Crippen molar-refractivity contribution in [3.63, 3.8) is 0 Å². The minimum atomic E-state index is -4.39. The molecule has 0 aromatic carbocycles. The lowest BCUT2D eigenvalue weighted by Gasteiger charge is -2.19. The van der Waals surface area contributed by atoms with Crippen molar-refractivity contribution in [2.24, 2.45) is 0 Å². The summed E-state index contributed by atoms with van der Waals surface area (Å²) in [4.78, 5) is 15.7. The summed E-state index contributed by atoms with van der Waals surface area (Å²) in [6, 6.07) is 2.30. The number of alkyl halides is 3. The number of nitrogens with one attached hydrogen (secondary N) is 1. The van der Waals surface area contributed by atoms with Gasteiger partial charge in [0.25, 0.3) is 0 Å². The van der Waals surface area contributed by atoms with Gasteiger partial charge in [-0.05, 0) is 32.9 Å². The lowest BCUT2D eigenvalue weighted by molar-refractivity contribution is -0.137. The molecule has 2 aromatic rings. The molecule has 23 heavy (non-hydrogen) atoms. The Morgan fingerprint density at radius 1 is 1.26 bits per heavy atom. The van der Waals surface area contributed by atoms with Gasteiger partial charge in [0.15, 0.2) is 0 Å². The number of halogens is 3. The van der Waals surface area contributed by atoms with E-state index >= 15 is 0 Å². The van der Waals surface area contributed by atoms with Crippen LogP contribution in [0.1, 0.15) is 32.0 Å².